The van der Waals surface area contributed by atoms with Crippen LogP contribution in [0.4, 0.5) is 11.4 Å². The van der Waals surface area contributed by atoms with E-state index in [0.29, 0.717) is 28.3 Å². The molecule has 4 aliphatic rings. The monoisotopic (exact) mass is 646 g/mol. The second-order valence-corrected chi connectivity index (χ2v) is 12.6. The highest BCUT2D eigenvalue weighted by atomic mass is 16.7. The molecule has 1 saturated heterocycles. The average molecular weight is 647 g/mol. The van der Waals surface area contributed by atoms with Gasteiger partial charge in [0.05, 0.1) is 12.0 Å². The van der Waals surface area contributed by atoms with Gasteiger partial charge in [-0.05, 0) is 52.6 Å². The fourth-order valence-corrected chi connectivity index (χ4v) is 8.09. The average Bonchev–Trinajstić information content (AvgIpc) is 3.84. The van der Waals surface area contributed by atoms with E-state index in [-0.39, 0.29) is 18.5 Å². The molecule has 5 aromatic carbocycles. The van der Waals surface area contributed by atoms with E-state index in [4.69, 9.17) is 14.2 Å². The van der Waals surface area contributed by atoms with Gasteiger partial charge in [-0.15, -0.1) is 0 Å². The Hall–Kier alpha value is -6.15. The van der Waals surface area contributed by atoms with E-state index >= 15 is 9.59 Å². The van der Waals surface area contributed by atoms with Crippen molar-refractivity contribution >= 4 is 35.1 Å². The molecule has 4 aliphatic heterocycles. The highest BCUT2D eigenvalue weighted by molar-refractivity contribution is 6.16. The molecule has 8 heteroatoms. The number of carbonyl (C=O) groups excluding carboxylic acids is 3. The Morgan fingerprint density at radius 2 is 1.47 bits per heavy atom. The zero-order valence-electron chi connectivity index (χ0n) is 26.2. The predicted octanol–water partition coefficient (Wildman–Crippen LogP) is 6.72. The van der Waals surface area contributed by atoms with Crippen molar-refractivity contribution in [2.75, 3.05) is 17.0 Å². The first kappa shape index (κ1) is 29.0. The van der Waals surface area contributed by atoms with Crippen LogP contribution in [0.3, 0.4) is 0 Å². The van der Waals surface area contributed by atoms with Crippen molar-refractivity contribution < 1.29 is 28.6 Å². The van der Waals surface area contributed by atoms with Crippen LogP contribution in [0, 0.1) is 5.92 Å². The second kappa shape index (κ2) is 11.2. The largest absolute Gasteiger partial charge is 0.454 e. The molecule has 0 aliphatic carbocycles. The molecule has 0 unspecified atom stereocenters. The maximum absolute atomic E-state index is 15.2. The number of Topliss-reactive ketones (excluding diaryl/α,β-unsaturated/α-hetero) is 1. The third kappa shape index (κ3) is 4.33. The van der Waals surface area contributed by atoms with Crippen molar-refractivity contribution in [1.29, 1.82) is 0 Å². The Morgan fingerprint density at radius 1 is 0.796 bits per heavy atom. The van der Waals surface area contributed by atoms with Crippen molar-refractivity contribution in [3.05, 3.63) is 161 Å². The summed E-state index contributed by atoms with van der Waals surface area (Å²) in [7, 11) is 0. The number of ether oxygens (including phenoxy) is 3. The number of anilines is 2. The van der Waals surface area contributed by atoms with Crippen molar-refractivity contribution in [3.8, 4) is 11.5 Å². The van der Waals surface area contributed by atoms with Gasteiger partial charge < -0.3 is 24.4 Å². The number of hydrogen-bond donors (Lipinski definition) is 1. The van der Waals surface area contributed by atoms with Crippen molar-refractivity contribution in [2.45, 2.75) is 23.6 Å². The second-order valence-electron chi connectivity index (χ2n) is 12.6. The molecule has 1 N–H and O–H groups in total. The standard InChI is InChI=1S/C41H30N2O6/c44-37(28-19-21-32-33(23-28)48-24-47-32)35-36(39(45)49-38(26-12-3-1-4-13-26)27-14-5-2-6-15-27)43-31-18-10-7-11-25(31)20-22-34(43)41(35)29-16-8-9-17-30(29)42-40(41)46/h1-23,34-36,38H,24H2,(H,42,46)/t34-,35-,36+,41+/m1/s1. The van der Waals surface area contributed by atoms with Crippen LogP contribution in [0.5, 0.6) is 11.5 Å². The van der Waals surface area contributed by atoms with Crippen LogP contribution in [-0.2, 0) is 19.7 Å². The van der Waals surface area contributed by atoms with Gasteiger partial charge in [0.25, 0.3) is 0 Å². The molecule has 0 saturated carbocycles. The lowest BCUT2D eigenvalue weighted by Crippen LogP contribution is -2.51. The van der Waals surface area contributed by atoms with Gasteiger partial charge in [-0.2, -0.15) is 0 Å². The number of fused-ring (bicyclic) bond motifs is 7. The zero-order valence-corrected chi connectivity index (χ0v) is 26.2. The molecule has 9 rings (SSSR count). The first-order valence-corrected chi connectivity index (χ1v) is 16.3. The van der Waals surface area contributed by atoms with Gasteiger partial charge in [-0.3, -0.25) is 9.59 Å². The quantitative estimate of drug-likeness (QED) is 0.162. The third-order valence-corrected chi connectivity index (χ3v) is 10.2. The molecular formula is C41H30N2O6. The van der Waals surface area contributed by atoms with Gasteiger partial charge in [0.1, 0.15) is 11.5 Å². The Kier molecular flexibility index (Phi) is 6.65. The van der Waals surface area contributed by atoms with E-state index in [1.807, 2.05) is 126 Å². The van der Waals surface area contributed by atoms with Crippen LogP contribution in [0.1, 0.15) is 38.7 Å². The van der Waals surface area contributed by atoms with Crippen LogP contribution in [-0.4, -0.2) is 36.5 Å². The van der Waals surface area contributed by atoms with Crippen LogP contribution < -0.4 is 19.7 Å². The maximum Gasteiger partial charge on any atom is 0.330 e. The van der Waals surface area contributed by atoms with Crippen LogP contribution in [0.15, 0.2) is 133 Å². The topological polar surface area (TPSA) is 94.2 Å². The Balaban J connectivity index is 1.26. The molecule has 49 heavy (non-hydrogen) atoms. The lowest BCUT2D eigenvalue weighted by molar-refractivity contribution is -0.150. The van der Waals surface area contributed by atoms with E-state index in [0.717, 1.165) is 22.4 Å². The lowest BCUT2D eigenvalue weighted by atomic mass is 9.64. The zero-order chi connectivity index (χ0) is 33.1. The smallest absolute Gasteiger partial charge is 0.330 e. The summed E-state index contributed by atoms with van der Waals surface area (Å²) >= 11 is 0. The van der Waals surface area contributed by atoms with E-state index < -0.39 is 35.5 Å². The van der Waals surface area contributed by atoms with Gasteiger partial charge in [-0.25, -0.2) is 4.79 Å². The van der Waals surface area contributed by atoms with Crippen molar-refractivity contribution in [1.82, 2.24) is 0 Å². The summed E-state index contributed by atoms with van der Waals surface area (Å²) in [5, 5.41) is 3.07. The van der Waals surface area contributed by atoms with Crippen molar-refractivity contribution in [2.24, 2.45) is 5.92 Å². The van der Waals surface area contributed by atoms with E-state index in [2.05, 4.69) is 5.32 Å². The first-order valence-electron chi connectivity index (χ1n) is 16.3. The molecule has 5 aromatic rings. The fraction of sp³-hybridized carbons (Fsp3) is 0.146. The normalized spacial score (nSPS) is 22.4. The highest BCUT2D eigenvalue weighted by Gasteiger charge is 2.71. The first-order chi connectivity index (χ1) is 24.1. The number of benzene rings is 5. The number of nitrogens with zero attached hydrogens (tertiary/aromatic N) is 1. The van der Waals surface area contributed by atoms with Gasteiger partial charge in [0.15, 0.2) is 23.4 Å². The molecule has 0 aromatic heterocycles. The summed E-state index contributed by atoms with van der Waals surface area (Å²) < 4.78 is 17.7. The van der Waals surface area contributed by atoms with Gasteiger partial charge >= 0.3 is 5.97 Å². The molecule has 1 fully saturated rings. The summed E-state index contributed by atoms with van der Waals surface area (Å²) in [5.74, 6) is -1.55. The van der Waals surface area contributed by atoms with Gasteiger partial charge in [0.2, 0.25) is 12.7 Å². The molecular weight excluding hydrogens is 616 g/mol. The number of para-hydroxylation sites is 2. The number of nitrogens with one attached hydrogen (secondary N) is 1. The Morgan fingerprint density at radius 3 is 2.24 bits per heavy atom. The SMILES string of the molecule is O=C(OC(c1ccccc1)c1ccccc1)[C@@H]1[C@H](C(=O)c2ccc3c(c2)OCO3)[C@@]2(C(=O)Nc3ccccc32)[C@H]2C=Cc3ccccc3N12. The Bertz CT molecular complexity index is 2130. The molecule has 1 spiro atoms. The summed E-state index contributed by atoms with van der Waals surface area (Å²) in [6, 6.07) is 37.4. The fourth-order valence-electron chi connectivity index (χ4n) is 8.09. The molecule has 0 radical (unpaired) electrons. The molecule has 4 atom stereocenters. The minimum Gasteiger partial charge on any atom is -0.454 e. The predicted molar refractivity (Wildman–Crippen MR) is 183 cm³/mol. The number of carbonyl (C=O) groups is 3. The Labute approximate surface area is 282 Å². The van der Waals surface area contributed by atoms with E-state index in [1.54, 1.807) is 18.2 Å². The molecule has 4 heterocycles. The van der Waals surface area contributed by atoms with E-state index in [1.165, 1.54) is 0 Å². The molecule has 1 amide bonds. The molecule has 8 nitrogen and oxygen atoms in total. The number of rotatable bonds is 6. The van der Waals surface area contributed by atoms with Crippen LogP contribution in [0.2, 0.25) is 0 Å². The third-order valence-electron chi connectivity index (χ3n) is 10.2. The van der Waals surface area contributed by atoms with Gasteiger partial charge in [-0.1, -0.05) is 109 Å². The summed E-state index contributed by atoms with van der Waals surface area (Å²) in [4.78, 5) is 47.0. The highest BCUT2D eigenvalue weighted by Crippen LogP contribution is 2.58. The van der Waals surface area contributed by atoms with Gasteiger partial charge in [0, 0.05) is 16.9 Å². The minimum atomic E-state index is -1.47. The number of amides is 1. The molecule has 240 valence electrons. The minimum absolute atomic E-state index is 0.0445. The number of ketones is 1. The van der Waals surface area contributed by atoms with Crippen molar-refractivity contribution in [3.63, 3.8) is 0 Å². The van der Waals surface area contributed by atoms with Crippen LogP contribution in [0.25, 0.3) is 6.08 Å². The number of esters is 1. The van der Waals surface area contributed by atoms with E-state index in [9.17, 15) is 4.79 Å². The summed E-state index contributed by atoms with van der Waals surface area (Å²) in [5.41, 5.74) is 3.30. The maximum atomic E-state index is 15.2. The summed E-state index contributed by atoms with van der Waals surface area (Å²) in [6.07, 6.45) is 3.16. The number of hydrogen-bond acceptors (Lipinski definition) is 7. The van der Waals surface area contributed by atoms with Crippen LogP contribution >= 0.6 is 0 Å². The summed E-state index contributed by atoms with van der Waals surface area (Å²) in [6.45, 7) is 0.0445. The molecule has 0 bridgehead atoms. The lowest BCUT2D eigenvalue weighted by Gasteiger charge is -2.37.